The molecule has 0 bridgehead atoms. The van der Waals surface area contributed by atoms with Gasteiger partial charge in [0.1, 0.15) is 23.0 Å². The lowest BCUT2D eigenvalue weighted by Gasteiger charge is -2.17. The van der Waals surface area contributed by atoms with E-state index in [-0.39, 0.29) is 29.6 Å². The van der Waals surface area contributed by atoms with Crippen LogP contribution in [0, 0.1) is 12.7 Å². The Kier molecular flexibility index (Phi) is 8.46. The van der Waals surface area contributed by atoms with Crippen LogP contribution < -0.4 is 18.9 Å². The van der Waals surface area contributed by atoms with Crippen molar-refractivity contribution in [2.24, 2.45) is 0 Å². The number of alkyl halides is 3. The lowest BCUT2D eigenvalue weighted by Crippen LogP contribution is -2.16. The number of hydrogen-bond acceptors (Lipinski definition) is 8. The number of rotatable bonds is 9. The summed E-state index contributed by atoms with van der Waals surface area (Å²) in [5.74, 6) is -0.122. The maximum atomic E-state index is 14.7. The van der Waals surface area contributed by atoms with Crippen LogP contribution in [0.25, 0.3) is 22.0 Å². The Hall–Kier alpha value is -4.74. The fourth-order valence-corrected chi connectivity index (χ4v) is 3.83. The minimum absolute atomic E-state index is 0.000349. The van der Waals surface area contributed by atoms with Crippen molar-refractivity contribution >= 4 is 17.1 Å². The molecule has 12 heteroatoms. The van der Waals surface area contributed by atoms with Crippen LogP contribution in [0.5, 0.6) is 28.7 Å². The third-order valence-corrected chi connectivity index (χ3v) is 5.47. The molecular weight excluding hydrogens is 538 g/mol. The number of benzene rings is 3. The van der Waals surface area contributed by atoms with E-state index in [1.165, 1.54) is 31.4 Å². The summed E-state index contributed by atoms with van der Waals surface area (Å²) in [5, 5.41) is 0.313. The molecule has 4 rings (SSSR count). The molecule has 0 spiro atoms. The molecule has 8 nitrogen and oxygen atoms in total. The Balaban J connectivity index is 1.64. The second kappa shape index (κ2) is 12.0. The number of methoxy groups -OCH3 is 1. The van der Waals surface area contributed by atoms with E-state index in [4.69, 9.17) is 23.7 Å². The highest BCUT2D eigenvalue weighted by Crippen LogP contribution is 2.41. The van der Waals surface area contributed by atoms with Gasteiger partial charge in [0.2, 0.25) is 6.79 Å². The third-order valence-electron chi connectivity index (χ3n) is 5.47. The van der Waals surface area contributed by atoms with E-state index in [1.54, 1.807) is 38.1 Å². The highest BCUT2D eigenvalue weighted by atomic mass is 19.4. The quantitative estimate of drug-likeness (QED) is 0.118. The first-order chi connectivity index (χ1) is 19.1. The number of hydrogen-bond donors (Lipinski definition) is 0. The number of pyridine rings is 1. The van der Waals surface area contributed by atoms with Crippen molar-refractivity contribution in [2.45, 2.75) is 20.2 Å². The number of ether oxygens (including phenoxy) is 6. The molecule has 4 aromatic rings. The zero-order valence-electron chi connectivity index (χ0n) is 21.5. The van der Waals surface area contributed by atoms with Crippen molar-refractivity contribution in [1.82, 2.24) is 4.98 Å². The summed E-state index contributed by atoms with van der Waals surface area (Å²) in [6.07, 6.45) is -5.72. The van der Waals surface area contributed by atoms with Crippen LogP contribution in [0.4, 0.5) is 22.4 Å². The molecule has 3 aromatic carbocycles. The second-order valence-corrected chi connectivity index (χ2v) is 8.14. The molecule has 0 fully saturated rings. The van der Waals surface area contributed by atoms with Crippen molar-refractivity contribution in [1.29, 1.82) is 0 Å². The number of carbonyl (C=O) groups is 1. The van der Waals surface area contributed by atoms with E-state index in [0.717, 1.165) is 12.1 Å². The van der Waals surface area contributed by atoms with Gasteiger partial charge in [0.05, 0.1) is 19.2 Å². The smallest absolute Gasteiger partial charge is 0.494 e. The van der Waals surface area contributed by atoms with Gasteiger partial charge >= 0.3 is 12.5 Å². The summed E-state index contributed by atoms with van der Waals surface area (Å²) < 4.78 is 81.9. The van der Waals surface area contributed by atoms with Gasteiger partial charge in [0.25, 0.3) is 0 Å². The molecule has 0 unspecified atom stereocenters. The summed E-state index contributed by atoms with van der Waals surface area (Å²) >= 11 is 0. The van der Waals surface area contributed by atoms with E-state index < -0.39 is 25.1 Å². The van der Waals surface area contributed by atoms with Crippen LogP contribution in [0.3, 0.4) is 0 Å². The number of halogens is 4. The lowest BCUT2D eigenvalue weighted by molar-refractivity contribution is -0.274. The van der Waals surface area contributed by atoms with Gasteiger partial charge in [-0.3, -0.25) is 4.98 Å². The number of fused-ring (bicyclic) bond motifs is 1. The third kappa shape index (κ3) is 6.82. The molecule has 40 heavy (non-hydrogen) atoms. The van der Waals surface area contributed by atoms with Gasteiger partial charge in [0, 0.05) is 22.7 Å². The van der Waals surface area contributed by atoms with Crippen LogP contribution in [0.1, 0.15) is 12.6 Å². The molecule has 1 aromatic heterocycles. The predicted octanol–water partition coefficient (Wildman–Crippen LogP) is 7.56. The van der Waals surface area contributed by atoms with Crippen molar-refractivity contribution in [3.63, 3.8) is 0 Å². The summed E-state index contributed by atoms with van der Waals surface area (Å²) in [4.78, 5) is 16.2. The van der Waals surface area contributed by atoms with E-state index >= 15 is 0 Å². The van der Waals surface area contributed by atoms with Gasteiger partial charge in [-0.25, -0.2) is 9.18 Å². The number of aryl methyl sites for hydroxylation is 1. The Morgan fingerprint density at radius 3 is 2.15 bits per heavy atom. The van der Waals surface area contributed by atoms with Crippen LogP contribution in [-0.2, 0) is 9.47 Å². The van der Waals surface area contributed by atoms with Crippen molar-refractivity contribution in [2.75, 3.05) is 20.5 Å². The van der Waals surface area contributed by atoms with E-state index in [9.17, 15) is 22.4 Å². The predicted molar refractivity (Wildman–Crippen MR) is 135 cm³/mol. The first kappa shape index (κ1) is 28.3. The van der Waals surface area contributed by atoms with Crippen LogP contribution >= 0.6 is 0 Å². The van der Waals surface area contributed by atoms with E-state index in [1.807, 2.05) is 0 Å². The summed E-state index contributed by atoms with van der Waals surface area (Å²) in [7, 11) is 1.34. The van der Waals surface area contributed by atoms with E-state index in [2.05, 4.69) is 9.72 Å². The van der Waals surface area contributed by atoms with Gasteiger partial charge in [-0.15, -0.1) is 13.2 Å². The molecule has 0 aliphatic heterocycles. The van der Waals surface area contributed by atoms with Crippen LogP contribution in [-0.4, -0.2) is 38.0 Å². The summed E-state index contributed by atoms with van der Waals surface area (Å²) in [6, 6.07) is 14.3. The van der Waals surface area contributed by atoms with Gasteiger partial charge in [-0.1, -0.05) is 12.1 Å². The maximum Gasteiger partial charge on any atom is 0.573 e. The zero-order valence-corrected chi connectivity index (χ0v) is 21.5. The molecule has 0 amide bonds. The Bertz CT molecular complexity index is 1490. The van der Waals surface area contributed by atoms with Crippen molar-refractivity contribution in [3.05, 3.63) is 72.2 Å². The first-order valence-corrected chi connectivity index (χ1v) is 11.8. The zero-order chi connectivity index (χ0) is 28.9. The molecule has 0 saturated heterocycles. The minimum Gasteiger partial charge on any atom is -0.494 e. The summed E-state index contributed by atoms with van der Waals surface area (Å²) in [6.45, 7) is 2.97. The van der Waals surface area contributed by atoms with Crippen LogP contribution in [0.2, 0.25) is 0 Å². The highest BCUT2D eigenvalue weighted by Gasteiger charge is 2.31. The largest absolute Gasteiger partial charge is 0.573 e. The molecule has 0 aliphatic carbocycles. The van der Waals surface area contributed by atoms with Gasteiger partial charge in [-0.2, -0.15) is 0 Å². The fourth-order valence-electron chi connectivity index (χ4n) is 3.83. The molecule has 0 radical (unpaired) electrons. The molecule has 0 saturated carbocycles. The number of nitrogens with zero attached hydrogens (tertiary/aromatic N) is 1. The fraction of sp³-hybridized carbons (Fsp3) is 0.214. The van der Waals surface area contributed by atoms with Crippen LogP contribution in [0.15, 0.2) is 60.7 Å². The molecule has 0 aliphatic rings. The number of carbonyl (C=O) groups excluding carboxylic acids is 1. The highest BCUT2D eigenvalue weighted by molar-refractivity contribution is 5.94. The Morgan fingerprint density at radius 2 is 1.55 bits per heavy atom. The van der Waals surface area contributed by atoms with Gasteiger partial charge in [0.15, 0.2) is 11.6 Å². The number of aromatic nitrogens is 1. The first-order valence-electron chi connectivity index (χ1n) is 11.8. The monoisotopic (exact) mass is 561 g/mol. The normalized spacial score (nSPS) is 11.2. The second-order valence-electron chi connectivity index (χ2n) is 8.14. The Labute approximate surface area is 226 Å². The molecule has 210 valence electrons. The van der Waals surface area contributed by atoms with Gasteiger partial charge in [-0.05, 0) is 61.9 Å². The summed E-state index contributed by atoms with van der Waals surface area (Å²) in [5.41, 5.74) is 2.05. The molecule has 1 heterocycles. The molecular formula is C28H23F4NO7. The SMILES string of the molecule is CCOC(=O)OCOc1c(-c2ccc(Oc3ccc(OC(F)(F)F)cc3)cc2)c(C)nc2cc(OC)c(F)cc12. The average Bonchev–Trinajstić information content (AvgIpc) is 2.90. The van der Waals surface area contributed by atoms with Crippen molar-refractivity contribution < 1.29 is 50.8 Å². The standard InChI is InChI=1S/C28H23F4NO7/c1-4-36-27(34)38-15-37-26-21-13-22(29)24(35-3)14-23(21)33-16(2)25(26)17-5-7-18(8-6-17)39-19-9-11-20(12-10-19)40-28(30,31)32/h5-14H,4,15H2,1-3H3. The van der Waals surface area contributed by atoms with E-state index in [0.29, 0.717) is 33.5 Å². The Morgan fingerprint density at radius 1 is 0.925 bits per heavy atom. The maximum absolute atomic E-state index is 14.7. The van der Waals surface area contributed by atoms with Gasteiger partial charge < -0.3 is 28.4 Å². The minimum atomic E-state index is -4.79. The average molecular weight is 561 g/mol. The molecule has 0 N–H and O–H groups in total. The van der Waals surface area contributed by atoms with Crippen molar-refractivity contribution in [3.8, 4) is 39.9 Å². The molecule has 0 atom stereocenters. The topological polar surface area (TPSA) is 85.3 Å². The lowest BCUT2D eigenvalue weighted by atomic mass is 10.00.